The second-order valence-electron chi connectivity index (χ2n) is 11.0. The van der Waals surface area contributed by atoms with Crippen molar-refractivity contribution in [3.8, 4) is 5.75 Å². The maximum absolute atomic E-state index is 12.4. The van der Waals surface area contributed by atoms with Gasteiger partial charge in [-0.3, -0.25) is 18.5 Å². The Kier molecular flexibility index (Phi) is 22.9. The molecule has 3 N–H and O–H groups in total. The Hall–Kier alpha value is -1.20. The number of nitro groups is 1. The molecule has 5 aromatic carbocycles. The van der Waals surface area contributed by atoms with Crippen LogP contribution in [-0.4, -0.2) is 61.9 Å². The number of hydrogen-bond acceptors (Lipinski definition) is 22. The number of phenolic OH excluding ortho intramolecular Hbond substituents is 1. The summed E-state index contributed by atoms with van der Waals surface area (Å²) in [5, 5.41) is 43.4. The third-order valence-corrected chi connectivity index (χ3v) is 10.8. The normalized spacial score (nSPS) is 12.0. The van der Waals surface area contributed by atoms with E-state index >= 15 is 0 Å². The van der Waals surface area contributed by atoms with Crippen molar-refractivity contribution in [3.63, 3.8) is 0 Å². The van der Waals surface area contributed by atoms with Crippen molar-refractivity contribution in [1.29, 1.82) is 0 Å². The van der Waals surface area contributed by atoms with Crippen molar-refractivity contribution in [1.82, 2.24) is 0 Å². The molecule has 5 rings (SSSR count). The van der Waals surface area contributed by atoms with Crippen molar-refractivity contribution < 1.29 is 210 Å². The Morgan fingerprint density at radius 3 is 1.70 bits per heavy atom. The van der Waals surface area contributed by atoms with Crippen molar-refractivity contribution in [3.05, 3.63) is 88.5 Å². The van der Waals surface area contributed by atoms with Crippen LogP contribution in [0.15, 0.2) is 117 Å². The van der Waals surface area contributed by atoms with Gasteiger partial charge in [-0.25, -0.2) is 25.3 Å². The number of nitrogen functional groups attached to an aromatic ring is 1. The summed E-state index contributed by atoms with van der Waals surface area (Å²) in [5.41, 5.74) is 1.99. The number of nitro benzene ring substituents is 1. The maximum atomic E-state index is 12.4. The fourth-order valence-corrected chi connectivity index (χ4v) is 7.19. The van der Waals surface area contributed by atoms with Gasteiger partial charge in [0.15, 0.2) is 11.4 Å². The molecule has 0 aromatic heterocycles. The Bertz CT molecular complexity index is 3070. The molecule has 0 aliphatic carbocycles. The zero-order valence-corrected chi connectivity index (χ0v) is 45.6. The van der Waals surface area contributed by atoms with E-state index in [0.29, 0.717) is 35.9 Å². The molecule has 0 saturated heterocycles. The van der Waals surface area contributed by atoms with E-state index in [1.807, 2.05) is 0 Å². The minimum Gasteiger partial charge on any atom is -0.754 e. The zero-order valence-electron chi connectivity index (χ0n) is 32.4. The number of benzene rings is 5. The van der Waals surface area contributed by atoms with Crippen LogP contribution >= 0.6 is 0 Å². The maximum Gasteiger partial charge on any atom is 1.00 e. The van der Waals surface area contributed by atoms with Crippen LogP contribution in [0.5, 0.6) is 5.75 Å². The number of azo groups is 3. The van der Waals surface area contributed by atoms with E-state index in [1.54, 1.807) is 0 Å². The van der Waals surface area contributed by atoms with Gasteiger partial charge in [0.2, 0.25) is 0 Å². The third-order valence-electron chi connectivity index (χ3n) is 7.34. The van der Waals surface area contributed by atoms with Gasteiger partial charge in [0.05, 0.1) is 52.2 Å². The fourth-order valence-electron chi connectivity index (χ4n) is 4.80. The summed E-state index contributed by atoms with van der Waals surface area (Å²) >= 11 is 0. The molecule has 23 nitrogen and oxygen atoms in total. The number of phenols is 1. The molecule has 0 unspecified atom stereocenters. The number of anilines is 1. The van der Waals surface area contributed by atoms with Gasteiger partial charge in [0.1, 0.15) is 41.7 Å². The van der Waals surface area contributed by atoms with Gasteiger partial charge in [-0.2, -0.15) is 33.5 Å². The number of aryl methyl sites for hydroxylation is 1. The number of fused-ring (bicyclic) bond motifs is 1. The molecule has 0 atom stereocenters. The number of aromatic hydroxyl groups is 1. The van der Waals surface area contributed by atoms with E-state index in [-0.39, 0.29) is 165 Å². The van der Waals surface area contributed by atoms with Gasteiger partial charge in [-0.1, -0.05) is 0 Å². The summed E-state index contributed by atoms with van der Waals surface area (Å²) < 4.78 is 142. The van der Waals surface area contributed by atoms with E-state index in [1.165, 1.54) is 37.3 Å². The fraction of sp³-hybridized carbons (Fsp3) is 0.0345. The molecular weight excluding hydrogens is 944 g/mol. The molecule has 0 amide bonds. The van der Waals surface area contributed by atoms with E-state index in [4.69, 9.17) is 5.73 Å². The average molecular weight is 961 g/mol. The molecule has 0 aliphatic rings. The van der Waals surface area contributed by atoms with Crippen molar-refractivity contribution >= 4 is 96.7 Å². The van der Waals surface area contributed by atoms with Crippen LogP contribution in [-0.2, 0) is 40.5 Å². The van der Waals surface area contributed by atoms with Crippen LogP contribution in [0, 0.1) is 23.1 Å². The second-order valence-corrected chi connectivity index (χ2v) is 16.4. The minimum atomic E-state index is -5.73. The van der Waals surface area contributed by atoms with Crippen LogP contribution in [0.4, 0.5) is 45.5 Å². The predicted octanol–water partition coefficient (Wildman–Crippen LogP) is -9.97. The van der Waals surface area contributed by atoms with Crippen LogP contribution in [0.3, 0.4) is 0 Å². The summed E-state index contributed by atoms with van der Waals surface area (Å²) in [5.74, 6) is -1.38. The van der Waals surface area contributed by atoms with Crippen LogP contribution in [0.25, 0.3) is 10.8 Å². The minimum absolute atomic E-state index is 0. The van der Waals surface area contributed by atoms with Gasteiger partial charge in [0, 0.05) is 11.5 Å². The molecule has 292 valence electrons. The third kappa shape index (κ3) is 14.4. The molecule has 61 heavy (non-hydrogen) atoms. The van der Waals surface area contributed by atoms with Crippen LogP contribution in [0.1, 0.15) is 5.56 Å². The van der Waals surface area contributed by atoms with E-state index in [2.05, 4.69) is 36.8 Å². The number of rotatable bonds is 11. The molecule has 0 fully saturated rings. The van der Waals surface area contributed by atoms with Gasteiger partial charge >= 0.3 is 148 Å². The number of nitrogens with zero attached hydrogens (tertiary/aromatic N) is 7. The summed E-state index contributed by atoms with van der Waals surface area (Å²) in [7, 11) is -21.4. The van der Waals surface area contributed by atoms with Crippen molar-refractivity contribution in [2.24, 2.45) is 30.7 Å². The Morgan fingerprint density at radius 2 is 1.16 bits per heavy atom. The smallest absolute Gasteiger partial charge is 0.754 e. The largest absolute Gasteiger partial charge is 1.00 e. The first kappa shape index (κ1) is 59.8. The molecule has 0 saturated carbocycles. The zero-order chi connectivity index (χ0) is 41.5. The average Bonchev–Trinajstić information content (AvgIpc) is 3.08. The molecule has 32 heteroatoms. The van der Waals surface area contributed by atoms with Crippen LogP contribution in [0.2, 0.25) is 0 Å². The Morgan fingerprint density at radius 1 is 0.623 bits per heavy atom. The first-order valence-electron chi connectivity index (χ1n) is 14.5. The van der Waals surface area contributed by atoms with Gasteiger partial charge < -0.3 is 29.1 Å². The first-order valence-corrected chi connectivity index (χ1v) is 20.1. The van der Waals surface area contributed by atoms with Gasteiger partial charge in [-0.05, 0) is 65.5 Å². The summed E-state index contributed by atoms with van der Waals surface area (Å²) in [6.45, 7) is 1.52. The second kappa shape index (κ2) is 23.3. The van der Waals surface area contributed by atoms with Gasteiger partial charge in [-0.15, -0.1) is 21.4 Å². The van der Waals surface area contributed by atoms with E-state index < -0.39 is 110 Å². The summed E-state index contributed by atoms with van der Waals surface area (Å²) in [4.78, 5) is 5.96. The number of hydrogen-bond donors (Lipinski definition) is 2. The summed E-state index contributed by atoms with van der Waals surface area (Å²) in [6.07, 6.45) is 0. The molecule has 0 aliphatic heterocycles. The molecule has 0 spiro atoms. The molecule has 0 radical (unpaired) electrons. The Labute approximate surface area is 456 Å². The molecule has 0 bridgehead atoms. The predicted molar refractivity (Wildman–Crippen MR) is 184 cm³/mol. The molecule has 5 aromatic rings. The first-order chi connectivity index (χ1) is 25.9. The number of nitrogens with two attached hydrogens (primary N) is 1. The van der Waals surface area contributed by atoms with Crippen molar-refractivity contribution in [2.45, 2.75) is 26.5 Å². The van der Waals surface area contributed by atoms with E-state index in [0.717, 1.165) is 6.07 Å². The van der Waals surface area contributed by atoms with E-state index in [9.17, 15) is 67.1 Å². The standard InChI is InChI=1S/C29H21N8O15S4.5Na/c1-14-10-15(6-8-18(14)32-34-20-4-2-3-5-23(20)54(44,45)46)31-35-21-13-24(55(47,48)49)17-12-25(56(50,51)52)28(29(38)26(17)27(21)30)36-33-19-9-7-16(53(41,42)43)11-22(19)37(39)40;;;;;/h2,4-13,38H,30H2,1H3,(H,41,42,43)(H,44,45,46)(H,47,48,49)(H,50,51,52);;;;;/q-1;5*+1/p-4. The SMILES string of the molecule is Cc1cc(N=Nc2cc(S(=O)(=O)[O-])c3cc(S(=O)(=O)[O-])c(N=Nc4ccc(S(=O)(=O)[O-])cc4[N+](=O)[O-])c(O)c3c2N)ccc1N=Nc1cc[c-]cc1S(=O)(=O)[O-].[Na+].[Na+].[Na+].[Na+].[Na+]. The molecular formula is C29H17N8Na5O15S4. The monoisotopic (exact) mass is 960 g/mol. The van der Waals surface area contributed by atoms with Gasteiger partial charge in [0.25, 0.3) is 5.69 Å². The Balaban J connectivity index is 0.00000720. The molecule has 0 heterocycles. The quantitative estimate of drug-likeness (QED) is 0.0236. The van der Waals surface area contributed by atoms with Crippen molar-refractivity contribution in [2.75, 3.05) is 5.73 Å². The van der Waals surface area contributed by atoms with Crippen LogP contribution < -0.4 is 154 Å². The topological polar surface area (TPSA) is 392 Å². The summed E-state index contributed by atoms with van der Waals surface area (Å²) in [6, 6.07) is 12.3.